The molecule has 3 unspecified atom stereocenters. The van der Waals surface area contributed by atoms with E-state index in [2.05, 4.69) is 5.32 Å². The normalized spacial score (nSPS) is 15.8. The maximum atomic E-state index is 9.42. The van der Waals surface area contributed by atoms with Crippen molar-refractivity contribution in [3.05, 3.63) is 0 Å². The van der Waals surface area contributed by atoms with Crippen LogP contribution in [-0.4, -0.2) is 97.7 Å². The molecule has 140 valence electrons. The lowest BCUT2D eigenvalue weighted by molar-refractivity contribution is 0.0253. The zero-order valence-electron chi connectivity index (χ0n) is 14.9. The molecule has 0 aromatic heterocycles. The Kier molecular flexibility index (Phi) is 15.1. The Morgan fingerprint density at radius 3 is 1.87 bits per heavy atom. The second kappa shape index (κ2) is 15.3. The molecule has 0 heterocycles. The molecule has 0 saturated carbocycles. The molecule has 4 N–H and O–H groups in total. The molecule has 0 aromatic rings. The highest BCUT2D eigenvalue weighted by atomic mass is 16.5. The van der Waals surface area contributed by atoms with E-state index in [9.17, 15) is 10.2 Å². The highest BCUT2D eigenvalue weighted by molar-refractivity contribution is 4.64. The van der Waals surface area contributed by atoms with Crippen molar-refractivity contribution >= 4 is 0 Å². The molecule has 7 heteroatoms. The average molecular weight is 336 g/mol. The molecule has 0 bridgehead atoms. The summed E-state index contributed by atoms with van der Waals surface area (Å²) in [5, 5.41) is 31.1. The van der Waals surface area contributed by atoms with Gasteiger partial charge in [0.05, 0.1) is 44.7 Å². The van der Waals surface area contributed by atoms with Gasteiger partial charge in [-0.2, -0.15) is 0 Å². The second-order valence-corrected chi connectivity index (χ2v) is 6.07. The van der Waals surface area contributed by atoms with Crippen molar-refractivity contribution in [1.82, 2.24) is 10.2 Å². The van der Waals surface area contributed by atoms with Crippen LogP contribution in [0.1, 0.15) is 27.2 Å². The van der Waals surface area contributed by atoms with E-state index in [0.29, 0.717) is 46.1 Å². The van der Waals surface area contributed by atoms with E-state index in [4.69, 9.17) is 14.6 Å². The summed E-state index contributed by atoms with van der Waals surface area (Å²) in [5.74, 6) is 0. The first-order valence-corrected chi connectivity index (χ1v) is 8.54. The molecule has 0 spiro atoms. The van der Waals surface area contributed by atoms with Crippen molar-refractivity contribution in [3.8, 4) is 0 Å². The number of nitrogens with zero attached hydrogens (tertiary/aromatic N) is 1. The first-order chi connectivity index (χ1) is 10.9. The SMILES string of the molecule is CC(O)CCNCCOCCOCCN(CC(C)O)CC(C)O. The van der Waals surface area contributed by atoms with Crippen LogP contribution in [0.2, 0.25) is 0 Å². The molecule has 0 aliphatic heterocycles. The van der Waals surface area contributed by atoms with Crippen molar-refractivity contribution in [2.45, 2.75) is 45.5 Å². The van der Waals surface area contributed by atoms with Gasteiger partial charge in [0.25, 0.3) is 0 Å². The van der Waals surface area contributed by atoms with Crippen molar-refractivity contribution in [2.24, 2.45) is 0 Å². The van der Waals surface area contributed by atoms with E-state index >= 15 is 0 Å². The fourth-order valence-electron chi connectivity index (χ4n) is 2.10. The summed E-state index contributed by atoms with van der Waals surface area (Å²) in [6.07, 6.45) is -0.353. The predicted molar refractivity (Wildman–Crippen MR) is 90.6 cm³/mol. The van der Waals surface area contributed by atoms with E-state index in [0.717, 1.165) is 19.5 Å². The standard InChI is InChI=1S/C16H36N2O5/c1-14(19)4-5-17-6-8-22-10-11-23-9-7-18(12-15(2)20)13-16(3)21/h14-17,19-21H,4-13H2,1-3H3. The maximum Gasteiger partial charge on any atom is 0.0701 e. The second-order valence-electron chi connectivity index (χ2n) is 6.07. The summed E-state index contributed by atoms with van der Waals surface area (Å²) in [5.41, 5.74) is 0. The van der Waals surface area contributed by atoms with Gasteiger partial charge in [-0.15, -0.1) is 0 Å². The van der Waals surface area contributed by atoms with Crippen LogP contribution >= 0.6 is 0 Å². The third kappa shape index (κ3) is 17.9. The van der Waals surface area contributed by atoms with Crippen molar-refractivity contribution < 1.29 is 24.8 Å². The van der Waals surface area contributed by atoms with Crippen LogP contribution in [0.4, 0.5) is 0 Å². The van der Waals surface area contributed by atoms with Gasteiger partial charge < -0.3 is 30.1 Å². The van der Waals surface area contributed by atoms with Crippen LogP contribution < -0.4 is 5.32 Å². The van der Waals surface area contributed by atoms with Gasteiger partial charge in [0.15, 0.2) is 0 Å². The molecular weight excluding hydrogens is 300 g/mol. The highest BCUT2D eigenvalue weighted by Crippen LogP contribution is 1.96. The molecule has 0 aromatic carbocycles. The molecule has 3 atom stereocenters. The minimum absolute atomic E-state index is 0.265. The summed E-state index contributed by atoms with van der Waals surface area (Å²) in [6, 6.07) is 0. The molecule has 0 aliphatic rings. The van der Waals surface area contributed by atoms with Crippen LogP contribution in [0.5, 0.6) is 0 Å². The van der Waals surface area contributed by atoms with Crippen molar-refractivity contribution in [2.75, 3.05) is 59.2 Å². The number of hydrogen-bond acceptors (Lipinski definition) is 7. The zero-order chi connectivity index (χ0) is 17.5. The maximum absolute atomic E-state index is 9.42. The molecule has 23 heavy (non-hydrogen) atoms. The molecule has 0 rings (SSSR count). The lowest BCUT2D eigenvalue weighted by Gasteiger charge is -2.24. The molecule has 0 saturated heterocycles. The van der Waals surface area contributed by atoms with E-state index in [-0.39, 0.29) is 6.10 Å². The van der Waals surface area contributed by atoms with E-state index in [1.807, 2.05) is 4.90 Å². The first kappa shape index (κ1) is 22.7. The number of ether oxygens (including phenoxy) is 2. The Hall–Kier alpha value is -0.280. The Morgan fingerprint density at radius 1 is 0.783 bits per heavy atom. The van der Waals surface area contributed by atoms with E-state index in [1.54, 1.807) is 20.8 Å². The van der Waals surface area contributed by atoms with E-state index in [1.165, 1.54) is 0 Å². The summed E-state index contributed by atoms with van der Waals surface area (Å²) < 4.78 is 10.9. The fourth-order valence-corrected chi connectivity index (χ4v) is 2.10. The zero-order valence-corrected chi connectivity index (χ0v) is 14.9. The quantitative estimate of drug-likeness (QED) is 0.281. The van der Waals surface area contributed by atoms with Gasteiger partial charge in [-0.1, -0.05) is 0 Å². The fraction of sp³-hybridized carbons (Fsp3) is 1.00. The summed E-state index contributed by atoms with van der Waals surface area (Å²) in [7, 11) is 0. The minimum atomic E-state index is -0.418. The smallest absolute Gasteiger partial charge is 0.0701 e. The van der Waals surface area contributed by atoms with Crippen LogP contribution in [0.3, 0.4) is 0 Å². The predicted octanol–water partition coefficient (Wildman–Crippen LogP) is -0.556. The summed E-state index contributed by atoms with van der Waals surface area (Å²) in [4.78, 5) is 1.99. The summed E-state index contributed by atoms with van der Waals surface area (Å²) in [6.45, 7) is 10.8. The number of aliphatic hydroxyl groups is 3. The van der Waals surface area contributed by atoms with Gasteiger partial charge in [0.1, 0.15) is 0 Å². The van der Waals surface area contributed by atoms with Gasteiger partial charge in [0.2, 0.25) is 0 Å². The molecule has 7 nitrogen and oxygen atoms in total. The summed E-state index contributed by atoms with van der Waals surface area (Å²) >= 11 is 0. The molecule has 0 radical (unpaired) electrons. The molecular formula is C16H36N2O5. The van der Waals surface area contributed by atoms with Crippen LogP contribution in [0, 0.1) is 0 Å². The van der Waals surface area contributed by atoms with Gasteiger partial charge in [-0.3, -0.25) is 4.90 Å². The van der Waals surface area contributed by atoms with Gasteiger partial charge in [-0.05, 0) is 33.7 Å². The number of hydrogen-bond donors (Lipinski definition) is 4. The lowest BCUT2D eigenvalue weighted by Crippen LogP contribution is -2.38. The van der Waals surface area contributed by atoms with Crippen LogP contribution in [0.25, 0.3) is 0 Å². The Balaban J connectivity index is 3.42. The van der Waals surface area contributed by atoms with Gasteiger partial charge in [0, 0.05) is 26.2 Å². The minimum Gasteiger partial charge on any atom is -0.393 e. The average Bonchev–Trinajstić information content (AvgIpc) is 2.42. The largest absolute Gasteiger partial charge is 0.393 e. The third-order valence-electron chi connectivity index (χ3n) is 3.13. The number of aliphatic hydroxyl groups excluding tert-OH is 3. The highest BCUT2D eigenvalue weighted by Gasteiger charge is 2.10. The Labute approximate surface area is 140 Å². The number of rotatable bonds is 16. The Bertz CT molecular complexity index is 243. The monoisotopic (exact) mass is 336 g/mol. The third-order valence-corrected chi connectivity index (χ3v) is 3.13. The molecule has 0 aliphatic carbocycles. The van der Waals surface area contributed by atoms with Crippen LogP contribution in [0.15, 0.2) is 0 Å². The Morgan fingerprint density at radius 2 is 1.35 bits per heavy atom. The van der Waals surface area contributed by atoms with E-state index < -0.39 is 12.2 Å². The lowest BCUT2D eigenvalue weighted by atomic mass is 10.3. The van der Waals surface area contributed by atoms with Crippen molar-refractivity contribution in [3.63, 3.8) is 0 Å². The first-order valence-electron chi connectivity index (χ1n) is 8.54. The van der Waals surface area contributed by atoms with Crippen LogP contribution in [-0.2, 0) is 9.47 Å². The number of nitrogens with one attached hydrogen (secondary N) is 1. The van der Waals surface area contributed by atoms with Crippen molar-refractivity contribution in [1.29, 1.82) is 0 Å². The molecule has 0 fully saturated rings. The van der Waals surface area contributed by atoms with Gasteiger partial charge in [-0.25, -0.2) is 0 Å². The van der Waals surface area contributed by atoms with Gasteiger partial charge >= 0.3 is 0 Å². The topological polar surface area (TPSA) is 94.4 Å². The molecule has 0 amide bonds.